The van der Waals surface area contributed by atoms with Crippen LogP contribution in [-0.4, -0.2) is 62.9 Å². The molecule has 7 heteroatoms. The van der Waals surface area contributed by atoms with Gasteiger partial charge in [0.2, 0.25) is 0 Å². The predicted molar refractivity (Wildman–Crippen MR) is 146 cm³/mol. The lowest BCUT2D eigenvalue weighted by atomic mass is 10.2. The Morgan fingerprint density at radius 3 is 1.81 bits per heavy atom. The summed E-state index contributed by atoms with van der Waals surface area (Å²) in [4.78, 5) is 29.9. The summed E-state index contributed by atoms with van der Waals surface area (Å²) in [5.74, 6) is -0.748. The van der Waals surface area contributed by atoms with Crippen molar-refractivity contribution in [3.05, 3.63) is 90.5 Å². The molecule has 0 bridgehead atoms. The topological polar surface area (TPSA) is 65.1 Å². The first-order valence-corrected chi connectivity index (χ1v) is 13.7. The first-order valence-electron chi connectivity index (χ1n) is 12.5. The average molecular weight is 523 g/mol. The van der Waals surface area contributed by atoms with E-state index in [9.17, 15) is 9.59 Å². The minimum absolute atomic E-state index is 0.000764. The maximum atomic E-state index is 12.5. The molecule has 196 valence electrons. The summed E-state index contributed by atoms with van der Waals surface area (Å²) in [5, 5.41) is 0. The Labute approximate surface area is 222 Å². The smallest absolute Gasteiger partial charge is 0.320 e. The maximum Gasteiger partial charge on any atom is 0.320 e. The summed E-state index contributed by atoms with van der Waals surface area (Å²) in [6.45, 7) is 4.63. The average Bonchev–Trinajstić information content (AvgIpc) is 2.91. The zero-order chi connectivity index (χ0) is 26.5. The molecule has 0 aliphatic carbocycles. The molecule has 0 spiro atoms. The van der Waals surface area contributed by atoms with Crippen LogP contribution in [-0.2, 0) is 41.1 Å². The van der Waals surface area contributed by atoms with Gasteiger partial charge in [0.15, 0.2) is 14.7 Å². The highest BCUT2D eigenvalue weighted by Crippen LogP contribution is 2.31. The molecule has 6 nitrogen and oxygen atoms in total. The summed E-state index contributed by atoms with van der Waals surface area (Å²) in [6.07, 6.45) is 0.613. The Morgan fingerprint density at radius 2 is 1.30 bits per heavy atom. The fourth-order valence-electron chi connectivity index (χ4n) is 3.89. The molecule has 37 heavy (non-hydrogen) atoms. The molecule has 1 atom stereocenters. The second-order valence-corrected chi connectivity index (χ2v) is 10.6. The monoisotopic (exact) mass is 522 g/mol. The molecular weight excluding hydrogens is 486 g/mol. The largest absolute Gasteiger partial charge is 0.465 e. The van der Waals surface area contributed by atoms with Gasteiger partial charge in [-0.3, -0.25) is 14.5 Å². The Bertz CT molecular complexity index is 1050. The number of ether oxygens (including phenoxy) is 3. The molecule has 3 aromatic rings. The maximum absolute atomic E-state index is 12.5. The van der Waals surface area contributed by atoms with Crippen molar-refractivity contribution in [1.82, 2.24) is 4.90 Å². The number of methoxy groups -OCH3 is 1. The van der Waals surface area contributed by atoms with Crippen molar-refractivity contribution in [2.24, 2.45) is 0 Å². The number of esters is 2. The number of nitrogens with zero attached hydrogens (tertiary/aromatic N) is 1. The minimum Gasteiger partial charge on any atom is -0.465 e. The predicted octanol–water partition coefficient (Wildman–Crippen LogP) is 4.77. The Hall–Kier alpha value is -3.13. The van der Waals surface area contributed by atoms with Crippen LogP contribution in [0.2, 0.25) is 0 Å². The Morgan fingerprint density at radius 1 is 0.784 bits per heavy atom. The summed E-state index contributed by atoms with van der Waals surface area (Å²) in [7, 11) is 1.39. The summed E-state index contributed by atoms with van der Waals surface area (Å²) >= 11 is 0. The first kappa shape index (κ1) is 28.4. The second-order valence-electron chi connectivity index (χ2n) is 8.56. The summed E-state index contributed by atoms with van der Waals surface area (Å²) in [5.41, 5.74) is 1.09. The van der Waals surface area contributed by atoms with Crippen molar-refractivity contribution in [2.75, 3.05) is 40.0 Å². The van der Waals surface area contributed by atoms with Crippen LogP contribution in [0.3, 0.4) is 0 Å². The lowest BCUT2D eigenvalue weighted by Gasteiger charge is -2.26. The molecule has 0 aliphatic rings. The van der Waals surface area contributed by atoms with E-state index in [0.29, 0.717) is 19.6 Å². The van der Waals surface area contributed by atoms with Crippen molar-refractivity contribution >= 4 is 22.8 Å². The van der Waals surface area contributed by atoms with E-state index in [1.165, 1.54) is 14.7 Å². The van der Waals surface area contributed by atoms with Crippen molar-refractivity contribution < 1.29 is 23.8 Å². The molecule has 0 amide bonds. The second kappa shape index (κ2) is 15.2. The zero-order valence-corrected chi connectivity index (χ0v) is 22.6. The van der Waals surface area contributed by atoms with E-state index in [0.717, 1.165) is 5.56 Å². The van der Waals surface area contributed by atoms with Crippen LogP contribution < -0.4 is 0 Å². The third-order valence-corrected chi connectivity index (χ3v) is 8.00. The van der Waals surface area contributed by atoms with Gasteiger partial charge in [0.25, 0.3) is 0 Å². The summed E-state index contributed by atoms with van der Waals surface area (Å²) in [6, 6.07) is 29.4. The molecule has 0 radical (unpaired) electrons. The fraction of sp³-hybridized carbons (Fsp3) is 0.333. The van der Waals surface area contributed by atoms with Gasteiger partial charge in [-0.05, 0) is 55.8 Å². The van der Waals surface area contributed by atoms with E-state index >= 15 is 0 Å². The quantitative estimate of drug-likeness (QED) is 0.225. The van der Waals surface area contributed by atoms with Gasteiger partial charge in [-0.25, -0.2) is 0 Å². The van der Waals surface area contributed by atoms with Crippen molar-refractivity contribution in [2.45, 2.75) is 41.0 Å². The molecule has 3 rings (SSSR count). The molecule has 0 saturated carbocycles. The SMILES string of the molecule is CCOC(=O)CN(CC(=O)OCCc1ccc([S+](c2ccccc2)c2ccccc2)cc1)C(C)COC. The molecule has 0 aliphatic heterocycles. The Balaban J connectivity index is 1.58. The van der Waals surface area contributed by atoms with Gasteiger partial charge in [-0.2, -0.15) is 0 Å². The van der Waals surface area contributed by atoms with Gasteiger partial charge in [0, 0.05) is 19.6 Å². The number of hydrogen-bond donors (Lipinski definition) is 0. The minimum atomic E-state index is -0.376. The van der Waals surface area contributed by atoms with Crippen LogP contribution in [0.5, 0.6) is 0 Å². The first-order chi connectivity index (χ1) is 18.0. The van der Waals surface area contributed by atoms with Gasteiger partial charge in [-0.1, -0.05) is 48.5 Å². The van der Waals surface area contributed by atoms with E-state index < -0.39 is 0 Å². The highest BCUT2D eigenvalue weighted by molar-refractivity contribution is 7.97. The highest BCUT2D eigenvalue weighted by atomic mass is 32.2. The van der Waals surface area contributed by atoms with E-state index in [1.54, 1.807) is 18.9 Å². The van der Waals surface area contributed by atoms with Crippen LogP contribution >= 0.6 is 0 Å². The third-order valence-electron chi connectivity index (χ3n) is 5.77. The van der Waals surface area contributed by atoms with Crippen LogP contribution in [0.15, 0.2) is 99.6 Å². The molecule has 0 fully saturated rings. The van der Waals surface area contributed by atoms with Gasteiger partial charge >= 0.3 is 11.9 Å². The Kier molecular flexibility index (Phi) is 11.7. The van der Waals surface area contributed by atoms with Gasteiger partial charge in [-0.15, -0.1) is 0 Å². The van der Waals surface area contributed by atoms with Gasteiger partial charge in [0.1, 0.15) is 0 Å². The number of benzene rings is 3. The van der Waals surface area contributed by atoms with Gasteiger partial charge < -0.3 is 14.2 Å². The number of hydrogen-bond acceptors (Lipinski definition) is 6. The number of carbonyl (C=O) groups is 2. The fourth-order valence-corrected chi connectivity index (χ4v) is 5.98. The van der Waals surface area contributed by atoms with Crippen LogP contribution in [0.4, 0.5) is 0 Å². The van der Waals surface area contributed by atoms with Crippen molar-refractivity contribution in [1.29, 1.82) is 0 Å². The molecule has 0 heterocycles. The molecular formula is C30H36NO5S+. The number of rotatable bonds is 14. The van der Waals surface area contributed by atoms with E-state index in [1.807, 2.05) is 19.1 Å². The highest BCUT2D eigenvalue weighted by Gasteiger charge is 2.28. The van der Waals surface area contributed by atoms with E-state index in [2.05, 4.69) is 72.8 Å². The molecule has 0 N–H and O–H groups in total. The number of carbonyl (C=O) groups excluding carboxylic acids is 2. The summed E-state index contributed by atoms with van der Waals surface area (Å²) < 4.78 is 15.7. The molecule has 0 saturated heterocycles. The molecule has 0 aromatic heterocycles. The van der Waals surface area contributed by atoms with E-state index in [-0.39, 0.29) is 48.6 Å². The third kappa shape index (κ3) is 9.04. The van der Waals surface area contributed by atoms with Crippen molar-refractivity contribution in [3.63, 3.8) is 0 Å². The molecule has 3 aromatic carbocycles. The zero-order valence-electron chi connectivity index (χ0n) is 21.8. The normalized spacial score (nSPS) is 11.9. The van der Waals surface area contributed by atoms with E-state index in [4.69, 9.17) is 14.2 Å². The van der Waals surface area contributed by atoms with Gasteiger partial charge in [0.05, 0.1) is 43.8 Å². The van der Waals surface area contributed by atoms with Crippen molar-refractivity contribution in [3.8, 4) is 0 Å². The van der Waals surface area contributed by atoms with Crippen LogP contribution in [0.25, 0.3) is 0 Å². The standard InChI is InChI=1S/C30H36NO5S/c1-4-35-29(32)21-31(24(2)23-34-3)22-30(33)36-20-19-25-15-17-28(18-16-25)37(26-11-7-5-8-12-26)27-13-9-6-10-14-27/h5-18,24H,4,19-23H2,1-3H3/q+1. The molecule has 1 unspecified atom stereocenters. The van der Waals surface area contributed by atoms with Crippen LogP contribution in [0, 0.1) is 0 Å². The van der Waals surface area contributed by atoms with Crippen LogP contribution in [0.1, 0.15) is 19.4 Å². The lowest BCUT2D eigenvalue weighted by Crippen LogP contribution is -2.44. The lowest BCUT2D eigenvalue weighted by molar-refractivity contribution is -0.149.